The number of aromatic nitrogens is 2. The summed E-state index contributed by atoms with van der Waals surface area (Å²) < 4.78 is 8.34. The monoisotopic (exact) mass is 531 g/mol. The molecule has 0 atom stereocenters. The molecule has 0 radical (unpaired) electrons. The van der Waals surface area contributed by atoms with Crippen molar-refractivity contribution in [1.82, 2.24) is 9.55 Å². The van der Waals surface area contributed by atoms with Gasteiger partial charge < -0.3 is 4.42 Å². The number of benzene rings is 5. The fourth-order valence-electron chi connectivity index (χ4n) is 6.44. The van der Waals surface area contributed by atoms with Crippen LogP contribution in [0.3, 0.4) is 0 Å². The first-order chi connectivity index (χ1) is 19.7. The summed E-state index contributed by atoms with van der Waals surface area (Å²) in [6.45, 7) is 2.21. The number of hydrogen-bond acceptors (Lipinski definition) is 3. The lowest BCUT2D eigenvalue weighted by molar-refractivity contribution is 0.668. The highest BCUT2D eigenvalue weighted by Gasteiger charge is 2.48. The Morgan fingerprint density at radius 3 is 2.15 bits per heavy atom. The van der Waals surface area contributed by atoms with Crippen molar-refractivity contribution in [3.63, 3.8) is 0 Å². The number of furan rings is 1. The minimum Gasteiger partial charge on any atom is -0.456 e. The van der Waals surface area contributed by atoms with Gasteiger partial charge in [0.2, 0.25) is 0 Å². The van der Waals surface area contributed by atoms with Crippen LogP contribution in [0, 0.1) is 0 Å². The molecule has 2 aromatic heterocycles. The molecule has 0 saturated carbocycles. The first-order valence-corrected chi connectivity index (χ1v) is 15.5. The number of para-hydroxylation sites is 2. The Morgan fingerprint density at radius 2 is 1.38 bits per heavy atom. The average Bonchev–Trinajstić information content (AvgIpc) is 3.71. The van der Waals surface area contributed by atoms with Crippen molar-refractivity contribution < 1.29 is 4.42 Å². The SMILES string of the molecule is CC1=Nc2c(-c3nccn3-c3ccc4c(c3)oc3ccccc34)cccc2[Si]1(c1ccccc1)c1ccccc1. The third kappa shape index (κ3) is 3.18. The molecule has 1 aliphatic heterocycles. The Hall–Kier alpha value is -5.00. The van der Waals surface area contributed by atoms with Crippen LogP contribution in [0.15, 0.2) is 143 Å². The molecule has 0 amide bonds. The summed E-state index contributed by atoms with van der Waals surface area (Å²) in [6.07, 6.45) is 3.88. The standard InChI is InChI=1S/C35H25N3OSi/c1-24-37-34-30(16-10-18-33(34)40(24,26-11-4-2-5-12-26)27-13-6-3-7-14-27)35-36-21-22-38(35)25-19-20-29-28-15-8-9-17-31(28)39-32(29)23-25/h2-23H,1H3. The van der Waals surface area contributed by atoms with E-state index in [-0.39, 0.29) is 0 Å². The average molecular weight is 532 g/mol. The Bertz CT molecular complexity index is 2030. The van der Waals surface area contributed by atoms with E-state index in [0.717, 1.165) is 44.7 Å². The molecule has 0 aliphatic carbocycles. The molecule has 7 aromatic rings. The predicted molar refractivity (Wildman–Crippen MR) is 167 cm³/mol. The van der Waals surface area contributed by atoms with Gasteiger partial charge in [-0.05, 0) is 46.7 Å². The van der Waals surface area contributed by atoms with E-state index in [0.29, 0.717) is 0 Å². The van der Waals surface area contributed by atoms with Gasteiger partial charge in [-0.2, -0.15) is 0 Å². The second-order valence-electron chi connectivity index (χ2n) is 10.3. The van der Waals surface area contributed by atoms with E-state index in [1.807, 2.05) is 30.6 Å². The highest BCUT2D eigenvalue weighted by molar-refractivity contribution is 7.31. The molecular weight excluding hydrogens is 506 g/mol. The van der Waals surface area contributed by atoms with E-state index in [1.165, 1.54) is 20.9 Å². The predicted octanol–water partition coefficient (Wildman–Crippen LogP) is 6.55. The van der Waals surface area contributed by atoms with E-state index >= 15 is 0 Å². The molecule has 4 nitrogen and oxygen atoms in total. The smallest absolute Gasteiger partial charge is 0.198 e. The number of rotatable bonds is 4. The number of nitrogens with zero attached hydrogens (tertiary/aromatic N) is 3. The normalized spacial score (nSPS) is 14.0. The molecule has 5 heteroatoms. The summed E-state index contributed by atoms with van der Waals surface area (Å²) in [7, 11) is -2.51. The largest absolute Gasteiger partial charge is 0.456 e. The Labute approximate surface area is 232 Å². The minimum absolute atomic E-state index is 0.866. The van der Waals surface area contributed by atoms with E-state index in [2.05, 4.69) is 115 Å². The quantitative estimate of drug-likeness (QED) is 0.242. The fourth-order valence-corrected chi connectivity index (χ4v) is 11.2. The van der Waals surface area contributed by atoms with Crippen LogP contribution in [-0.4, -0.2) is 23.0 Å². The van der Waals surface area contributed by atoms with Crippen LogP contribution >= 0.6 is 0 Å². The number of fused-ring (bicyclic) bond motifs is 4. The molecule has 0 spiro atoms. The van der Waals surface area contributed by atoms with E-state index < -0.39 is 8.07 Å². The zero-order valence-corrected chi connectivity index (χ0v) is 23.0. The van der Waals surface area contributed by atoms with Gasteiger partial charge in [0, 0.05) is 40.1 Å². The van der Waals surface area contributed by atoms with Gasteiger partial charge in [-0.1, -0.05) is 91.0 Å². The van der Waals surface area contributed by atoms with Crippen LogP contribution in [0.1, 0.15) is 6.92 Å². The van der Waals surface area contributed by atoms with E-state index in [1.54, 1.807) is 0 Å². The van der Waals surface area contributed by atoms with Crippen molar-refractivity contribution in [2.75, 3.05) is 0 Å². The van der Waals surface area contributed by atoms with Crippen LogP contribution in [0.5, 0.6) is 0 Å². The zero-order valence-electron chi connectivity index (χ0n) is 22.0. The van der Waals surface area contributed by atoms with Crippen LogP contribution in [0.25, 0.3) is 39.0 Å². The molecule has 0 bridgehead atoms. The summed E-state index contributed by atoms with van der Waals surface area (Å²) in [5.74, 6) is 0.870. The Balaban J connectivity index is 1.33. The van der Waals surface area contributed by atoms with Crippen LogP contribution in [-0.2, 0) is 0 Å². The summed E-state index contributed by atoms with van der Waals surface area (Å²) in [5, 5.41) is 7.43. The van der Waals surface area contributed by atoms with Crippen molar-refractivity contribution in [2.45, 2.75) is 6.92 Å². The fraction of sp³-hybridized carbons (Fsp3) is 0.0286. The number of hydrogen-bond donors (Lipinski definition) is 0. The molecule has 3 heterocycles. The highest BCUT2D eigenvalue weighted by atomic mass is 28.3. The summed E-state index contributed by atoms with van der Waals surface area (Å²) in [5.41, 5.74) is 4.83. The minimum atomic E-state index is -2.51. The van der Waals surface area contributed by atoms with Gasteiger partial charge >= 0.3 is 0 Å². The number of aliphatic imine (C=N–C) groups is 1. The van der Waals surface area contributed by atoms with Gasteiger partial charge in [-0.25, -0.2) is 4.98 Å². The first kappa shape index (κ1) is 22.9. The van der Waals surface area contributed by atoms with Crippen LogP contribution in [0.4, 0.5) is 5.69 Å². The maximum absolute atomic E-state index is 6.20. The molecule has 1 aliphatic rings. The first-order valence-electron chi connectivity index (χ1n) is 13.5. The topological polar surface area (TPSA) is 43.3 Å². The summed E-state index contributed by atoms with van der Waals surface area (Å²) in [6, 6.07) is 43.0. The van der Waals surface area contributed by atoms with Gasteiger partial charge in [0.15, 0.2) is 8.07 Å². The Kier molecular flexibility index (Phi) is 5.02. The molecule has 40 heavy (non-hydrogen) atoms. The van der Waals surface area contributed by atoms with Gasteiger partial charge in [-0.15, -0.1) is 0 Å². The third-order valence-electron chi connectivity index (χ3n) is 8.20. The van der Waals surface area contributed by atoms with E-state index in [4.69, 9.17) is 14.4 Å². The lowest BCUT2D eigenvalue weighted by Gasteiger charge is -2.30. The van der Waals surface area contributed by atoms with Crippen molar-refractivity contribution in [3.8, 4) is 17.1 Å². The van der Waals surface area contributed by atoms with Gasteiger partial charge in [0.25, 0.3) is 0 Å². The van der Waals surface area contributed by atoms with Crippen molar-refractivity contribution in [1.29, 1.82) is 0 Å². The lowest BCUT2D eigenvalue weighted by atomic mass is 10.1. The third-order valence-corrected chi connectivity index (χ3v) is 13.0. The molecule has 0 saturated heterocycles. The summed E-state index contributed by atoms with van der Waals surface area (Å²) in [4.78, 5) is 10.2. The Morgan fingerprint density at radius 1 is 0.675 bits per heavy atom. The van der Waals surface area contributed by atoms with Crippen molar-refractivity contribution in [3.05, 3.63) is 134 Å². The molecule has 5 aromatic carbocycles. The zero-order chi connectivity index (χ0) is 26.7. The maximum atomic E-state index is 6.20. The number of imidazole rings is 1. The molecule has 190 valence electrons. The van der Waals surface area contributed by atoms with Gasteiger partial charge in [-0.3, -0.25) is 9.56 Å². The van der Waals surface area contributed by atoms with Crippen LogP contribution < -0.4 is 15.6 Å². The molecule has 8 rings (SSSR count). The molecule has 0 N–H and O–H groups in total. The van der Waals surface area contributed by atoms with Gasteiger partial charge in [0.05, 0.1) is 11.4 Å². The van der Waals surface area contributed by atoms with Gasteiger partial charge in [0.1, 0.15) is 17.0 Å². The summed E-state index contributed by atoms with van der Waals surface area (Å²) >= 11 is 0. The van der Waals surface area contributed by atoms with Crippen molar-refractivity contribution in [2.24, 2.45) is 4.99 Å². The molecule has 0 unspecified atom stereocenters. The maximum Gasteiger partial charge on any atom is 0.198 e. The molecular formula is C35H25N3OSi. The molecule has 0 fully saturated rings. The lowest BCUT2D eigenvalue weighted by Crippen LogP contribution is -2.70. The van der Waals surface area contributed by atoms with Crippen LogP contribution in [0.2, 0.25) is 0 Å². The van der Waals surface area contributed by atoms with E-state index in [9.17, 15) is 0 Å². The second kappa shape index (κ2) is 8.76. The second-order valence-corrected chi connectivity index (χ2v) is 14.2. The van der Waals surface area contributed by atoms with Crippen molar-refractivity contribution >= 4 is 56.6 Å². The highest BCUT2D eigenvalue weighted by Crippen LogP contribution is 2.36.